The van der Waals surface area contributed by atoms with E-state index in [2.05, 4.69) is 5.32 Å². The van der Waals surface area contributed by atoms with Crippen molar-refractivity contribution in [3.63, 3.8) is 0 Å². The van der Waals surface area contributed by atoms with Crippen molar-refractivity contribution in [2.75, 3.05) is 19.6 Å². The van der Waals surface area contributed by atoms with Gasteiger partial charge in [0.15, 0.2) is 5.78 Å². The molecule has 1 fully saturated rings. The Labute approximate surface area is 147 Å². The number of nitrogens with one attached hydrogen (secondary N) is 1. The van der Waals surface area contributed by atoms with Crippen LogP contribution in [0.4, 0.5) is 9.59 Å². The number of benzene rings is 1. The van der Waals surface area contributed by atoms with Gasteiger partial charge in [-0.25, -0.2) is 4.79 Å². The third-order valence-electron chi connectivity index (χ3n) is 4.75. The second-order valence-corrected chi connectivity index (χ2v) is 7.35. The van der Waals surface area contributed by atoms with Gasteiger partial charge in [0.25, 0.3) is 6.09 Å². The number of quaternary nitrogens is 1. The van der Waals surface area contributed by atoms with Gasteiger partial charge in [-0.15, -0.1) is 0 Å². The number of likely N-dealkylation sites (tertiary alicyclic amines) is 1. The van der Waals surface area contributed by atoms with Crippen LogP contribution in [-0.2, 0) is 16.1 Å². The SMILES string of the molecule is CC(C)(C)[N+]1(C(=O)[O-])CC(=O)[C@H](CNC(=O)OCc2ccccc2)C1. The lowest BCUT2D eigenvalue weighted by Gasteiger charge is -2.44. The quantitative estimate of drug-likeness (QED) is 0.821. The third kappa shape index (κ3) is 4.17. The highest BCUT2D eigenvalue weighted by Crippen LogP contribution is 2.32. The Morgan fingerprint density at radius 1 is 1.28 bits per heavy atom. The van der Waals surface area contributed by atoms with Crippen molar-refractivity contribution in [3.05, 3.63) is 35.9 Å². The first kappa shape index (κ1) is 18.9. The van der Waals surface area contributed by atoms with Crippen LogP contribution in [0.5, 0.6) is 0 Å². The van der Waals surface area contributed by atoms with E-state index in [4.69, 9.17) is 4.74 Å². The van der Waals surface area contributed by atoms with Crippen LogP contribution in [0.3, 0.4) is 0 Å². The Kier molecular flexibility index (Phi) is 5.47. The summed E-state index contributed by atoms with van der Waals surface area (Å²) < 4.78 is 4.66. The number of nitrogens with zero attached hydrogens (tertiary/aromatic N) is 1. The third-order valence-corrected chi connectivity index (χ3v) is 4.75. The number of hydrogen-bond acceptors (Lipinski definition) is 5. The fraction of sp³-hybridized carbons (Fsp3) is 0.500. The summed E-state index contributed by atoms with van der Waals surface area (Å²) in [6, 6.07) is 9.23. The molecule has 0 aromatic heterocycles. The second-order valence-electron chi connectivity index (χ2n) is 7.35. The number of amides is 2. The molecule has 1 aliphatic rings. The van der Waals surface area contributed by atoms with Crippen LogP contribution in [0.25, 0.3) is 0 Å². The monoisotopic (exact) mass is 348 g/mol. The van der Waals surface area contributed by atoms with Gasteiger partial charge in [-0.3, -0.25) is 9.28 Å². The molecule has 0 spiro atoms. The van der Waals surface area contributed by atoms with E-state index in [-0.39, 0.29) is 32.0 Å². The first-order chi connectivity index (χ1) is 11.7. The molecule has 136 valence electrons. The summed E-state index contributed by atoms with van der Waals surface area (Å²) in [6.45, 7) is 5.45. The molecule has 0 bridgehead atoms. The van der Waals surface area contributed by atoms with Crippen molar-refractivity contribution < 1.29 is 28.7 Å². The van der Waals surface area contributed by atoms with Crippen molar-refractivity contribution in [2.45, 2.75) is 32.9 Å². The summed E-state index contributed by atoms with van der Waals surface area (Å²) in [5.41, 5.74) is 0.187. The summed E-state index contributed by atoms with van der Waals surface area (Å²) in [7, 11) is 0. The maximum Gasteiger partial charge on any atom is 0.407 e. The summed E-state index contributed by atoms with van der Waals surface area (Å²) in [4.78, 5) is 35.7. The predicted octanol–water partition coefficient (Wildman–Crippen LogP) is 1.07. The molecular weight excluding hydrogens is 324 g/mol. The second kappa shape index (κ2) is 7.23. The van der Waals surface area contributed by atoms with E-state index < -0.39 is 28.1 Å². The molecule has 7 nitrogen and oxygen atoms in total. The van der Waals surface area contributed by atoms with Crippen LogP contribution in [0.15, 0.2) is 30.3 Å². The van der Waals surface area contributed by atoms with Gasteiger partial charge in [-0.1, -0.05) is 30.3 Å². The minimum absolute atomic E-state index is 0.0514. The number of hydrogen-bond donors (Lipinski definition) is 1. The normalized spacial score (nSPS) is 23.3. The molecule has 0 radical (unpaired) electrons. The van der Waals surface area contributed by atoms with E-state index in [0.29, 0.717) is 0 Å². The van der Waals surface area contributed by atoms with E-state index in [1.807, 2.05) is 30.3 Å². The lowest BCUT2D eigenvalue weighted by molar-refractivity contribution is -0.907. The van der Waals surface area contributed by atoms with E-state index in [9.17, 15) is 19.5 Å². The number of ether oxygens (including phenoxy) is 1. The van der Waals surface area contributed by atoms with Crippen molar-refractivity contribution in [1.82, 2.24) is 5.32 Å². The van der Waals surface area contributed by atoms with Crippen molar-refractivity contribution >= 4 is 18.0 Å². The number of carboxylic acid groups (broad SMARTS) is 1. The summed E-state index contributed by atoms with van der Waals surface area (Å²) in [5, 5.41) is 14.2. The van der Waals surface area contributed by atoms with E-state index in [0.717, 1.165) is 5.56 Å². The van der Waals surface area contributed by atoms with Gasteiger partial charge in [0.05, 0.1) is 18.0 Å². The molecule has 7 heteroatoms. The first-order valence-corrected chi connectivity index (χ1v) is 8.22. The van der Waals surface area contributed by atoms with Crippen molar-refractivity contribution in [3.8, 4) is 0 Å². The van der Waals surface area contributed by atoms with Crippen LogP contribution < -0.4 is 10.4 Å². The van der Waals surface area contributed by atoms with Gasteiger partial charge in [-0.2, -0.15) is 0 Å². The van der Waals surface area contributed by atoms with Gasteiger partial charge in [0.1, 0.15) is 13.2 Å². The number of rotatable bonds is 4. The molecule has 0 saturated carbocycles. The van der Waals surface area contributed by atoms with Crippen molar-refractivity contribution in [2.24, 2.45) is 5.92 Å². The zero-order valence-corrected chi connectivity index (χ0v) is 14.8. The highest BCUT2D eigenvalue weighted by atomic mass is 16.5. The van der Waals surface area contributed by atoms with Gasteiger partial charge in [0.2, 0.25) is 0 Å². The van der Waals surface area contributed by atoms with E-state index in [1.165, 1.54) is 0 Å². The molecule has 1 aliphatic heterocycles. The number of carbonyl (C=O) groups excluding carboxylic acids is 3. The topological polar surface area (TPSA) is 95.5 Å². The minimum atomic E-state index is -1.27. The van der Waals surface area contributed by atoms with Crippen LogP contribution in [-0.4, -0.2) is 47.6 Å². The predicted molar refractivity (Wildman–Crippen MR) is 88.3 cm³/mol. The highest BCUT2D eigenvalue weighted by Gasteiger charge is 2.53. The maximum absolute atomic E-state index is 12.2. The Morgan fingerprint density at radius 3 is 2.44 bits per heavy atom. The van der Waals surface area contributed by atoms with Gasteiger partial charge in [0, 0.05) is 6.54 Å². The molecule has 2 rings (SSSR count). The van der Waals surface area contributed by atoms with E-state index in [1.54, 1.807) is 20.8 Å². The van der Waals surface area contributed by atoms with Gasteiger partial charge < -0.3 is 20.0 Å². The molecule has 2 atom stereocenters. The van der Waals surface area contributed by atoms with Crippen LogP contribution >= 0.6 is 0 Å². The zero-order chi connectivity index (χ0) is 18.7. The first-order valence-electron chi connectivity index (χ1n) is 8.22. The average molecular weight is 348 g/mol. The average Bonchev–Trinajstić information content (AvgIpc) is 2.90. The summed E-state index contributed by atoms with van der Waals surface area (Å²) in [5.74, 6) is -0.760. The Hall–Kier alpha value is -2.41. The summed E-state index contributed by atoms with van der Waals surface area (Å²) >= 11 is 0. The lowest BCUT2D eigenvalue weighted by atomic mass is 10.0. The summed E-state index contributed by atoms with van der Waals surface area (Å²) in [6.07, 6.45) is -1.90. The van der Waals surface area contributed by atoms with E-state index >= 15 is 0 Å². The molecule has 25 heavy (non-hydrogen) atoms. The molecule has 1 aromatic rings. The van der Waals surface area contributed by atoms with Gasteiger partial charge >= 0.3 is 6.09 Å². The molecule has 1 saturated heterocycles. The maximum atomic E-state index is 12.2. The molecule has 1 aromatic carbocycles. The molecule has 0 aliphatic carbocycles. The van der Waals surface area contributed by atoms with Gasteiger partial charge in [-0.05, 0) is 26.3 Å². The largest absolute Gasteiger partial charge is 0.498 e. The zero-order valence-electron chi connectivity index (χ0n) is 14.8. The number of alkyl carbamates (subject to hydrolysis) is 1. The molecule has 2 amide bonds. The number of ketones is 1. The molecule has 1 heterocycles. The lowest BCUT2D eigenvalue weighted by Crippen LogP contribution is -2.66. The van der Waals surface area contributed by atoms with Crippen LogP contribution in [0.2, 0.25) is 0 Å². The van der Waals surface area contributed by atoms with Crippen LogP contribution in [0.1, 0.15) is 26.3 Å². The number of carbonyl (C=O) groups is 3. The Balaban J connectivity index is 1.89. The Bertz CT molecular complexity index is 653. The smallest absolute Gasteiger partial charge is 0.407 e. The number of Topliss-reactive ketones (excluding diaryl/α,β-unsaturated/α-hetero) is 1. The molecule has 1 unspecified atom stereocenters. The minimum Gasteiger partial charge on any atom is -0.498 e. The Morgan fingerprint density at radius 2 is 1.92 bits per heavy atom. The molecule has 1 N–H and O–H groups in total. The van der Waals surface area contributed by atoms with Crippen molar-refractivity contribution in [1.29, 1.82) is 0 Å². The molecular formula is C18H24N2O5. The standard InChI is InChI=1S/C18H24N2O5/c1-18(2,3)20(17(23)24)10-14(15(21)11-20)9-19-16(22)25-12-13-7-5-4-6-8-13/h4-8,14H,9-12H2,1-3H3,(H-,19,22,23,24)/t14-,20?/m1/s1. The highest BCUT2D eigenvalue weighted by molar-refractivity contribution is 5.86. The van der Waals surface area contributed by atoms with Crippen LogP contribution in [0, 0.1) is 5.92 Å². The fourth-order valence-corrected chi connectivity index (χ4v) is 3.02. The fourth-order valence-electron chi connectivity index (χ4n) is 3.02.